The summed E-state index contributed by atoms with van der Waals surface area (Å²) < 4.78 is 0. The number of fused-ring (bicyclic) bond motifs is 3. The molecule has 7 nitrogen and oxygen atoms in total. The summed E-state index contributed by atoms with van der Waals surface area (Å²) in [5.74, 6) is -0.214. The molecule has 138 valence electrons. The van der Waals surface area contributed by atoms with Crippen molar-refractivity contribution in [3.8, 4) is 5.75 Å². The summed E-state index contributed by atoms with van der Waals surface area (Å²) in [6.07, 6.45) is 5.50. The summed E-state index contributed by atoms with van der Waals surface area (Å²) >= 11 is 7.83. The molecular weight excluding hydrogens is 390 g/mol. The highest BCUT2D eigenvalue weighted by molar-refractivity contribution is 7.18. The van der Waals surface area contributed by atoms with Crippen LogP contribution in [0.2, 0.25) is 0 Å². The third-order valence-corrected chi connectivity index (χ3v) is 6.01. The van der Waals surface area contributed by atoms with E-state index in [2.05, 4.69) is 9.97 Å². The predicted octanol–water partition coefficient (Wildman–Crippen LogP) is 4.21. The monoisotopic (exact) mass is 403 g/mol. The van der Waals surface area contributed by atoms with E-state index in [1.165, 1.54) is 40.5 Å². The number of rotatable bonds is 3. The van der Waals surface area contributed by atoms with Crippen molar-refractivity contribution in [1.82, 2.24) is 9.97 Å². The number of aromatic amines is 1. The first kappa shape index (κ1) is 17.7. The Morgan fingerprint density at radius 2 is 2.15 bits per heavy atom. The lowest BCUT2D eigenvalue weighted by atomic mass is 9.97. The van der Waals surface area contributed by atoms with Crippen LogP contribution in [0.5, 0.6) is 5.75 Å². The summed E-state index contributed by atoms with van der Waals surface area (Å²) in [5.41, 5.74) is 0.863. The maximum atomic E-state index is 12.6. The van der Waals surface area contributed by atoms with Gasteiger partial charge in [-0.2, -0.15) is 0 Å². The van der Waals surface area contributed by atoms with Crippen LogP contribution in [0.3, 0.4) is 0 Å². The predicted molar refractivity (Wildman–Crippen MR) is 105 cm³/mol. The molecule has 0 aliphatic heterocycles. The van der Waals surface area contributed by atoms with Gasteiger partial charge >= 0.3 is 5.69 Å². The zero-order valence-electron chi connectivity index (χ0n) is 14.0. The van der Waals surface area contributed by atoms with E-state index in [0.717, 1.165) is 31.2 Å². The molecule has 0 amide bonds. The van der Waals surface area contributed by atoms with Crippen LogP contribution in [0.15, 0.2) is 23.0 Å². The number of hydrogen-bond acceptors (Lipinski definition) is 6. The fourth-order valence-electron chi connectivity index (χ4n) is 3.27. The minimum absolute atomic E-state index is 0.153. The molecule has 2 aromatic heterocycles. The van der Waals surface area contributed by atoms with Gasteiger partial charge in [0, 0.05) is 10.9 Å². The number of aryl methyl sites for hydroxylation is 2. The van der Waals surface area contributed by atoms with Crippen molar-refractivity contribution in [2.24, 2.45) is 0 Å². The first-order chi connectivity index (χ1) is 12.9. The summed E-state index contributed by atoms with van der Waals surface area (Å²) in [6, 6.07) is 3.92. The van der Waals surface area contributed by atoms with Gasteiger partial charge in [0.25, 0.3) is 5.56 Å². The van der Waals surface area contributed by atoms with E-state index < -0.39 is 16.4 Å². The molecule has 0 saturated heterocycles. The number of H-pyrrole nitrogens is 1. The Morgan fingerprint density at radius 1 is 1.37 bits per heavy atom. The van der Waals surface area contributed by atoms with E-state index in [4.69, 9.17) is 11.6 Å². The van der Waals surface area contributed by atoms with Gasteiger partial charge in [0.15, 0.2) is 11.6 Å². The summed E-state index contributed by atoms with van der Waals surface area (Å²) in [4.78, 5) is 31.9. The van der Waals surface area contributed by atoms with Crippen LogP contribution >= 0.6 is 22.9 Å². The Morgan fingerprint density at radius 3 is 2.93 bits per heavy atom. The number of halogens is 1. The number of phenols is 1. The van der Waals surface area contributed by atoms with Crippen LogP contribution in [0.1, 0.15) is 34.7 Å². The quantitative estimate of drug-likeness (QED) is 0.502. The average Bonchev–Trinajstić information content (AvgIpc) is 3.02. The zero-order chi connectivity index (χ0) is 19.1. The fourth-order valence-corrected chi connectivity index (χ4v) is 4.75. The van der Waals surface area contributed by atoms with Crippen molar-refractivity contribution in [2.75, 3.05) is 0 Å². The van der Waals surface area contributed by atoms with Crippen molar-refractivity contribution in [3.63, 3.8) is 0 Å². The topological polar surface area (TPSA) is 109 Å². The first-order valence-corrected chi connectivity index (χ1v) is 9.53. The summed E-state index contributed by atoms with van der Waals surface area (Å²) in [6.45, 7) is 0. The van der Waals surface area contributed by atoms with Crippen LogP contribution in [0.4, 0.5) is 5.69 Å². The lowest BCUT2D eigenvalue weighted by molar-refractivity contribution is -0.385. The van der Waals surface area contributed by atoms with E-state index in [1.54, 1.807) is 0 Å². The van der Waals surface area contributed by atoms with E-state index in [-0.39, 0.29) is 16.4 Å². The highest BCUT2D eigenvalue weighted by Crippen LogP contribution is 2.34. The number of nitrogens with one attached hydrogen (secondary N) is 1. The van der Waals surface area contributed by atoms with E-state index in [0.29, 0.717) is 15.8 Å². The minimum Gasteiger partial charge on any atom is -0.502 e. The molecule has 1 aliphatic rings. The van der Waals surface area contributed by atoms with Gasteiger partial charge in [-0.1, -0.05) is 17.7 Å². The second-order valence-electron chi connectivity index (χ2n) is 6.30. The fraction of sp³-hybridized carbons (Fsp3) is 0.222. The summed E-state index contributed by atoms with van der Waals surface area (Å²) in [7, 11) is 0. The average molecular weight is 404 g/mol. The molecule has 0 saturated carbocycles. The van der Waals surface area contributed by atoms with E-state index in [1.807, 2.05) is 0 Å². The van der Waals surface area contributed by atoms with E-state index in [9.17, 15) is 20.0 Å². The number of thiophene rings is 1. The first-order valence-electron chi connectivity index (χ1n) is 8.33. The maximum Gasteiger partial charge on any atom is 0.311 e. The molecule has 2 N–H and O–H groups in total. The minimum atomic E-state index is -0.678. The van der Waals surface area contributed by atoms with Crippen molar-refractivity contribution >= 4 is 50.0 Å². The normalized spacial score (nSPS) is 14.3. The number of aromatic nitrogens is 2. The molecule has 0 bridgehead atoms. The number of nitro benzene ring substituents is 1. The second-order valence-corrected chi connectivity index (χ2v) is 7.79. The molecule has 3 aromatic rings. The number of phenolic OH excluding ortho intramolecular Hbond substituents is 1. The smallest absolute Gasteiger partial charge is 0.311 e. The molecule has 1 aromatic carbocycles. The van der Waals surface area contributed by atoms with Crippen LogP contribution < -0.4 is 5.56 Å². The van der Waals surface area contributed by atoms with E-state index >= 15 is 0 Å². The van der Waals surface area contributed by atoms with Gasteiger partial charge in [-0.25, -0.2) is 4.98 Å². The molecule has 1 aliphatic carbocycles. The third-order valence-electron chi connectivity index (χ3n) is 4.54. The van der Waals surface area contributed by atoms with Crippen molar-refractivity contribution in [1.29, 1.82) is 0 Å². The van der Waals surface area contributed by atoms with Crippen LogP contribution in [-0.2, 0) is 12.8 Å². The number of nitro groups is 1. The van der Waals surface area contributed by atoms with Crippen LogP contribution in [-0.4, -0.2) is 20.0 Å². The maximum absolute atomic E-state index is 12.6. The SMILES string of the molecule is O=c1[nH]c(/C(Cl)=C/c2ccc(O)c([N+](=O)[O-])c2)nc2sc3c(c12)CCCC3. The van der Waals surface area contributed by atoms with Crippen LogP contribution in [0.25, 0.3) is 21.3 Å². The molecule has 27 heavy (non-hydrogen) atoms. The molecule has 0 fully saturated rings. The lowest BCUT2D eigenvalue weighted by Crippen LogP contribution is -2.12. The largest absolute Gasteiger partial charge is 0.502 e. The summed E-state index contributed by atoms with van der Waals surface area (Å²) in [5, 5.41) is 21.3. The number of aromatic hydroxyl groups is 1. The van der Waals surface area contributed by atoms with Gasteiger partial charge in [-0.3, -0.25) is 14.9 Å². The van der Waals surface area contributed by atoms with Gasteiger partial charge < -0.3 is 10.1 Å². The number of hydrogen-bond donors (Lipinski definition) is 2. The number of benzene rings is 1. The second kappa shape index (κ2) is 6.79. The van der Waals surface area contributed by atoms with Crippen molar-refractivity contribution in [2.45, 2.75) is 25.7 Å². The standard InChI is InChI=1S/C18H14ClN3O4S/c19-11(7-9-5-6-13(23)12(8-9)22(25)26)16-20-17(24)15-10-3-1-2-4-14(10)27-18(15)21-16/h5-8,23H,1-4H2,(H,20,21,24)/b11-7-. The molecule has 0 radical (unpaired) electrons. The third kappa shape index (κ3) is 3.22. The number of nitrogens with zero attached hydrogens (tertiary/aromatic N) is 2. The van der Waals surface area contributed by atoms with Crippen LogP contribution in [0, 0.1) is 10.1 Å². The van der Waals surface area contributed by atoms with Gasteiger partial charge in [0.2, 0.25) is 0 Å². The Bertz CT molecular complexity index is 1170. The molecule has 0 atom stereocenters. The Labute approximate surface area is 162 Å². The van der Waals surface area contributed by atoms with Gasteiger partial charge in [0.1, 0.15) is 4.83 Å². The van der Waals surface area contributed by atoms with Gasteiger partial charge in [-0.15, -0.1) is 11.3 Å². The Balaban J connectivity index is 1.78. The lowest BCUT2D eigenvalue weighted by Gasteiger charge is -2.09. The highest BCUT2D eigenvalue weighted by Gasteiger charge is 2.20. The molecule has 9 heteroatoms. The van der Waals surface area contributed by atoms with Gasteiger partial charge in [0.05, 0.1) is 15.3 Å². The Hall–Kier alpha value is -2.71. The van der Waals surface area contributed by atoms with Crippen molar-refractivity contribution < 1.29 is 10.0 Å². The van der Waals surface area contributed by atoms with Gasteiger partial charge in [-0.05, 0) is 49.0 Å². The van der Waals surface area contributed by atoms with Crippen molar-refractivity contribution in [3.05, 3.63) is 60.5 Å². The molecule has 4 rings (SSSR count). The molecule has 2 heterocycles. The Kier molecular flexibility index (Phi) is 4.45. The molecular formula is C18H14ClN3O4S. The molecule has 0 spiro atoms. The molecule has 0 unspecified atom stereocenters. The highest BCUT2D eigenvalue weighted by atomic mass is 35.5. The zero-order valence-corrected chi connectivity index (χ0v) is 15.6.